The van der Waals surface area contributed by atoms with Crippen molar-refractivity contribution in [2.75, 3.05) is 13.2 Å². The lowest BCUT2D eigenvalue weighted by Crippen LogP contribution is -2.32. The third-order valence-electron chi connectivity index (χ3n) is 3.40. The zero-order valence-electron chi connectivity index (χ0n) is 12.2. The predicted molar refractivity (Wildman–Crippen MR) is 80.3 cm³/mol. The number of aromatic hydroxyl groups is 1. The lowest BCUT2D eigenvalue weighted by molar-refractivity contribution is -0.384. The van der Waals surface area contributed by atoms with Crippen LogP contribution in [0.25, 0.3) is 6.08 Å². The van der Waals surface area contributed by atoms with Gasteiger partial charge in [0.15, 0.2) is 0 Å². The topological polar surface area (TPSA) is 125 Å². The Morgan fingerprint density at radius 1 is 1.61 bits per heavy atom. The number of nitro benzene ring substituents is 1. The number of hydrogen-bond acceptors (Lipinski definition) is 6. The van der Waals surface area contributed by atoms with Crippen molar-refractivity contribution in [3.05, 3.63) is 39.4 Å². The van der Waals surface area contributed by atoms with Crippen molar-refractivity contribution in [2.24, 2.45) is 0 Å². The van der Waals surface area contributed by atoms with Crippen molar-refractivity contribution < 1.29 is 19.6 Å². The molecule has 120 valence electrons. The van der Waals surface area contributed by atoms with E-state index in [0.29, 0.717) is 13.2 Å². The number of benzene rings is 1. The molecule has 0 spiro atoms. The first-order valence-electron chi connectivity index (χ1n) is 7.00. The van der Waals surface area contributed by atoms with Gasteiger partial charge >= 0.3 is 0 Å². The van der Waals surface area contributed by atoms with Crippen molar-refractivity contribution in [2.45, 2.75) is 18.9 Å². The fourth-order valence-electron chi connectivity index (χ4n) is 2.18. The molecular formula is C15H15N3O5. The normalized spacial score (nSPS) is 17.5. The zero-order chi connectivity index (χ0) is 16.8. The predicted octanol–water partition coefficient (Wildman–Crippen LogP) is 1.50. The minimum absolute atomic E-state index is 0.0306. The van der Waals surface area contributed by atoms with Gasteiger partial charge in [-0.15, -0.1) is 0 Å². The van der Waals surface area contributed by atoms with Gasteiger partial charge in [0.2, 0.25) is 0 Å². The van der Waals surface area contributed by atoms with Gasteiger partial charge < -0.3 is 15.2 Å². The van der Waals surface area contributed by atoms with E-state index in [-0.39, 0.29) is 28.7 Å². The van der Waals surface area contributed by atoms with E-state index < -0.39 is 10.8 Å². The summed E-state index contributed by atoms with van der Waals surface area (Å²) in [5, 5.41) is 32.1. The molecule has 8 nitrogen and oxygen atoms in total. The monoisotopic (exact) mass is 317 g/mol. The average Bonchev–Trinajstić information content (AvgIpc) is 3.05. The minimum atomic E-state index is -0.625. The maximum Gasteiger partial charge on any atom is 0.270 e. The Labute approximate surface area is 132 Å². The Bertz CT molecular complexity index is 687. The first-order chi connectivity index (χ1) is 11.0. The molecule has 1 amide bonds. The number of nitrogens with zero attached hydrogens (tertiary/aromatic N) is 2. The van der Waals surface area contributed by atoms with E-state index in [1.807, 2.05) is 0 Å². The van der Waals surface area contributed by atoms with Gasteiger partial charge in [-0.1, -0.05) is 0 Å². The van der Waals surface area contributed by atoms with Crippen LogP contribution in [0.4, 0.5) is 5.69 Å². The van der Waals surface area contributed by atoms with Crippen LogP contribution in [0.1, 0.15) is 18.4 Å². The molecule has 1 fully saturated rings. The summed E-state index contributed by atoms with van der Waals surface area (Å²) in [5.74, 6) is -0.871. The molecule has 0 aromatic heterocycles. The second kappa shape index (κ2) is 7.38. The van der Waals surface area contributed by atoms with E-state index in [0.717, 1.165) is 37.1 Å². The van der Waals surface area contributed by atoms with Crippen molar-refractivity contribution in [3.63, 3.8) is 0 Å². The van der Waals surface area contributed by atoms with Gasteiger partial charge in [-0.05, 0) is 25.0 Å². The van der Waals surface area contributed by atoms with E-state index in [1.165, 1.54) is 0 Å². The summed E-state index contributed by atoms with van der Waals surface area (Å²) in [6.07, 6.45) is 2.83. The van der Waals surface area contributed by atoms with E-state index in [1.54, 1.807) is 6.07 Å². The van der Waals surface area contributed by atoms with E-state index in [2.05, 4.69) is 5.32 Å². The number of ether oxygens (including phenoxy) is 1. The molecule has 1 saturated heterocycles. The summed E-state index contributed by atoms with van der Waals surface area (Å²) in [7, 11) is 0. The van der Waals surface area contributed by atoms with Crippen LogP contribution >= 0.6 is 0 Å². The Kier molecular flexibility index (Phi) is 5.28. The van der Waals surface area contributed by atoms with E-state index >= 15 is 0 Å². The minimum Gasteiger partial charge on any atom is -0.507 e. The van der Waals surface area contributed by atoms with Gasteiger partial charge in [-0.25, -0.2) is 0 Å². The Hall–Kier alpha value is -2.92. The molecule has 0 bridgehead atoms. The first kappa shape index (κ1) is 16.5. The first-order valence-corrected chi connectivity index (χ1v) is 7.00. The number of amides is 1. The molecule has 23 heavy (non-hydrogen) atoms. The van der Waals surface area contributed by atoms with Crippen LogP contribution in [0.2, 0.25) is 0 Å². The number of hydrogen-bond donors (Lipinski definition) is 2. The molecule has 2 rings (SSSR count). The highest BCUT2D eigenvalue weighted by Gasteiger charge is 2.18. The Morgan fingerprint density at radius 3 is 3.00 bits per heavy atom. The maximum absolute atomic E-state index is 12.0. The number of non-ortho nitro benzene ring substituents is 1. The van der Waals surface area contributed by atoms with E-state index in [9.17, 15) is 20.0 Å². The van der Waals surface area contributed by atoms with Gasteiger partial charge in [-0.3, -0.25) is 14.9 Å². The van der Waals surface area contributed by atoms with Gasteiger partial charge in [0, 0.05) is 30.8 Å². The molecule has 1 aromatic rings. The molecule has 1 aliphatic rings. The smallest absolute Gasteiger partial charge is 0.270 e. The summed E-state index contributed by atoms with van der Waals surface area (Å²) in [5.41, 5.74) is -0.465. The molecule has 1 aliphatic heterocycles. The lowest BCUT2D eigenvalue weighted by atomic mass is 10.1. The summed E-state index contributed by atoms with van der Waals surface area (Å²) in [4.78, 5) is 22.1. The molecule has 0 saturated carbocycles. The van der Waals surface area contributed by atoms with Crippen molar-refractivity contribution in [1.29, 1.82) is 5.26 Å². The average molecular weight is 317 g/mol. The molecule has 8 heteroatoms. The third-order valence-corrected chi connectivity index (χ3v) is 3.40. The van der Waals surface area contributed by atoms with Crippen molar-refractivity contribution in [1.82, 2.24) is 5.32 Å². The van der Waals surface area contributed by atoms with Crippen molar-refractivity contribution >= 4 is 17.7 Å². The largest absolute Gasteiger partial charge is 0.507 e. The van der Waals surface area contributed by atoms with E-state index in [4.69, 9.17) is 10.00 Å². The SMILES string of the molecule is N#C/C(=C/c1cc([N+](=O)[O-])ccc1O)C(=O)NC[C@@H]1CCCO1. The molecule has 1 atom stereocenters. The number of phenolic OH excluding ortho intramolecular Hbond substituents is 1. The molecule has 0 unspecified atom stereocenters. The standard InChI is InChI=1S/C15H15N3O5/c16-8-11(15(20)17-9-13-2-1-5-23-13)6-10-7-12(18(21)22)3-4-14(10)19/h3-4,6-7,13,19H,1-2,5,9H2,(H,17,20)/b11-6-/t13-/m0/s1. The summed E-state index contributed by atoms with van der Waals surface area (Å²) in [6, 6.07) is 5.10. The van der Waals surface area contributed by atoms with Gasteiger partial charge in [0.05, 0.1) is 11.0 Å². The van der Waals surface area contributed by atoms with Crippen LogP contribution in [-0.2, 0) is 9.53 Å². The fourth-order valence-corrected chi connectivity index (χ4v) is 2.18. The van der Waals surface area contributed by atoms with Gasteiger partial charge in [-0.2, -0.15) is 5.26 Å². The fraction of sp³-hybridized carbons (Fsp3) is 0.333. The van der Waals surface area contributed by atoms with Crippen LogP contribution in [0.3, 0.4) is 0 Å². The number of rotatable bonds is 5. The Morgan fingerprint density at radius 2 is 2.39 bits per heavy atom. The quantitative estimate of drug-likeness (QED) is 0.367. The highest BCUT2D eigenvalue weighted by Crippen LogP contribution is 2.25. The van der Waals surface area contributed by atoms with Crippen LogP contribution in [0.15, 0.2) is 23.8 Å². The van der Waals surface area contributed by atoms with Crippen LogP contribution < -0.4 is 5.32 Å². The highest BCUT2D eigenvalue weighted by atomic mass is 16.6. The van der Waals surface area contributed by atoms with Crippen LogP contribution in [0.5, 0.6) is 5.75 Å². The molecule has 2 N–H and O–H groups in total. The number of carbonyl (C=O) groups excluding carboxylic acids is 1. The third kappa shape index (κ3) is 4.28. The lowest BCUT2D eigenvalue weighted by Gasteiger charge is -2.10. The number of nitrogens with one attached hydrogen (secondary N) is 1. The summed E-state index contributed by atoms with van der Waals surface area (Å²) < 4.78 is 5.36. The molecular weight excluding hydrogens is 302 g/mol. The van der Waals surface area contributed by atoms with Gasteiger partial charge in [0.1, 0.15) is 17.4 Å². The second-order valence-electron chi connectivity index (χ2n) is 5.02. The summed E-state index contributed by atoms with van der Waals surface area (Å²) >= 11 is 0. The van der Waals surface area contributed by atoms with Crippen molar-refractivity contribution in [3.8, 4) is 11.8 Å². The number of phenols is 1. The molecule has 1 heterocycles. The highest BCUT2D eigenvalue weighted by molar-refractivity contribution is 6.02. The number of carbonyl (C=O) groups is 1. The zero-order valence-corrected chi connectivity index (χ0v) is 12.2. The van der Waals surface area contributed by atoms with Crippen LogP contribution in [-0.4, -0.2) is 35.2 Å². The number of nitriles is 1. The van der Waals surface area contributed by atoms with Crippen LogP contribution in [0, 0.1) is 21.4 Å². The van der Waals surface area contributed by atoms with Gasteiger partial charge in [0.25, 0.3) is 11.6 Å². The molecule has 1 aromatic carbocycles. The molecule has 0 aliphatic carbocycles. The molecule has 0 radical (unpaired) electrons. The summed E-state index contributed by atoms with van der Waals surface area (Å²) in [6.45, 7) is 0.946. The maximum atomic E-state index is 12.0. The Balaban J connectivity index is 2.14. The second-order valence-corrected chi connectivity index (χ2v) is 5.02. The number of nitro groups is 1.